The van der Waals surface area contributed by atoms with Gasteiger partial charge in [-0.1, -0.05) is 12.1 Å². The molecule has 1 aromatic carbocycles. The van der Waals surface area contributed by atoms with Crippen LogP contribution >= 0.6 is 0 Å². The highest BCUT2D eigenvalue weighted by atomic mass is 19.1. The molecule has 0 fully saturated rings. The summed E-state index contributed by atoms with van der Waals surface area (Å²) in [6.07, 6.45) is 0. The average molecular weight is 292 g/mol. The first-order chi connectivity index (χ1) is 10.0. The summed E-state index contributed by atoms with van der Waals surface area (Å²) < 4.78 is 13.1. The number of nitro groups is 1. The van der Waals surface area contributed by atoms with Crippen LogP contribution in [0.5, 0.6) is 0 Å². The van der Waals surface area contributed by atoms with Crippen molar-refractivity contribution in [2.45, 2.75) is 13.5 Å². The Labute approximate surface area is 119 Å². The number of aryl methyl sites for hydroxylation is 1. The van der Waals surface area contributed by atoms with Gasteiger partial charge in [-0.25, -0.2) is 15.2 Å². The SMILES string of the molecule is Cc1nc(NN)nc(NCc2cccc(F)c2)c1[N+](=O)[O-]. The van der Waals surface area contributed by atoms with Crippen molar-refractivity contribution in [1.82, 2.24) is 9.97 Å². The molecule has 8 nitrogen and oxygen atoms in total. The first-order valence-electron chi connectivity index (χ1n) is 5.99. The van der Waals surface area contributed by atoms with Crippen molar-refractivity contribution in [1.29, 1.82) is 0 Å². The highest BCUT2D eigenvalue weighted by Crippen LogP contribution is 2.26. The van der Waals surface area contributed by atoms with Gasteiger partial charge in [0.05, 0.1) is 4.92 Å². The molecule has 0 saturated carbocycles. The fourth-order valence-electron chi connectivity index (χ4n) is 1.81. The molecule has 0 atom stereocenters. The van der Waals surface area contributed by atoms with Gasteiger partial charge in [-0.05, 0) is 24.6 Å². The Morgan fingerprint density at radius 3 is 2.81 bits per heavy atom. The summed E-state index contributed by atoms with van der Waals surface area (Å²) in [6.45, 7) is 1.66. The second-order valence-corrected chi connectivity index (χ2v) is 4.21. The van der Waals surface area contributed by atoms with Crippen molar-refractivity contribution >= 4 is 17.5 Å². The summed E-state index contributed by atoms with van der Waals surface area (Å²) in [7, 11) is 0. The lowest BCUT2D eigenvalue weighted by Gasteiger charge is -2.09. The van der Waals surface area contributed by atoms with Crippen molar-refractivity contribution in [2.24, 2.45) is 5.84 Å². The molecule has 0 radical (unpaired) electrons. The van der Waals surface area contributed by atoms with Gasteiger partial charge in [0.25, 0.3) is 0 Å². The zero-order valence-corrected chi connectivity index (χ0v) is 11.1. The Kier molecular flexibility index (Phi) is 4.24. The van der Waals surface area contributed by atoms with E-state index in [4.69, 9.17) is 5.84 Å². The molecule has 4 N–H and O–H groups in total. The summed E-state index contributed by atoms with van der Waals surface area (Å²) in [4.78, 5) is 18.3. The number of hydrogen-bond acceptors (Lipinski definition) is 7. The van der Waals surface area contributed by atoms with Crippen LogP contribution in [0.3, 0.4) is 0 Å². The molecule has 9 heteroatoms. The van der Waals surface area contributed by atoms with Crippen LogP contribution in [0, 0.1) is 22.9 Å². The Balaban J connectivity index is 2.29. The minimum Gasteiger partial charge on any atom is -0.360 e. The van der Waals surface area contributed by atoms with E-state index in [-0.39, 0.29) is 35.5 Å². The van der Waals surface area contributed by atoms with E-state index in [9.17, 15) is 14.5 Å². The smallest absolute Gasteiger partial charge is 0.332 e. The van der Waals surface area contributed by atoms with Crippen LogP contribution in [0.1, 0.15) is 11.3 Å². The number of nitrogen functional groups attached to an aromatic ring is 1. The summed E-state index contributed by atoms with van der Waals surface area (Å²) in [5.41, 5.74) is 2.79. The van der Waals surface area contributed by atoms with Crippen molar-refractivity contribution in [2.75, 3.05) is 10.7 Å². The molecule has 1 aromatic heterocycles. The fraction of sp³-hybridized carbons (Fsp3) is 0.167. The largest absolute Gasteiger partial charge is 0.360 e. The van der Waals surface area contributed by atoms with E-state index < -0.39 is 4.92 Å². The minimum atomic E-state index is -0.580. The van der Waals surface area contributed by atoms with Crippen molar-refractivity contribution < 1.29 is 9.31 Å². The van der Waals surface area contributed by atoms with Crippen LogP contribution in [0.15, 0.2) is 24.3 Å². The summed E-state index contributed by atoms with van der Waals surface area (Å²) >= 11 is 0. The topological polar surface area (TPSA) is 119 Å². The molecule has 0 spiro atoms. The third-order valence-corrected chi connectivity index (χ3v) is 2.72. The summed E-state index contributed by atoms with van der Waals surface area (Å²) in [5.74, 6) is 4.91. The number of nitrogens with zero attached hydrogens (tertiary/aromatic N) is 3. The molecule has 0 amide bonds. The lowest BCUT2D eigenvalue weighted by Crippen LogP contribution is -2.14. The van der Waals surface area contributed by atoms with Crippen LogP contribution in [-0.2, 0) is 6.54 Å². The van der Waals surface area contributed by atoms with Crippen molar-refractivity contribution in [3.63, 3.8) is 0 Å². The molecule has 0 aliphatic heterocycles. The molecular formula is C12H13FN6O2. The highest BCUT2D eigenvalue weighted by Gasteiger charge is 2.21. The van der Waals surface area contributed by atoms with Gasteiger partial charge in [0.1, 0.15) is 11.5 Å². The number of nitrogens with one attached hydrogen (secondary N) is 2. The maximum atomic E-state index is 13.1. The van der Waals surface area contributed by atoms with Gasteiger partial charge >= 0.3 is 5.69 Å². The third kappa shape index (κ3) is 3.39. The molecule has 0 aliphatic carbocycles. The lowest BCUT2D eigenvalue weighted by molar-refractivity contribution is -0.385. The van der Waals surface area contributed by atoms with Gasteiger partial charge in [0.2, 0.25) is 11.8 Å². The van der Waals surface area contributed by atoms with E-state index in [1.807, 2.05) is 0 Å². The van der Waals surface area contributed by atoms with Gasteiger partial charge in [0.15, 0.2) is 0 Å². The number of anilines is 2. The van der Waals surface area contributed by atoms with Gasteiger partial charge in [-0.2, -0.15) is 4.98 Å². The maximum Gasteiger partial charge on any atom is 0.332 e. The van der Waals surface area contributed by atoms with E-state index >= 15 is 0 Å². The van der Waals surface area contributed by atoms with Crippen LogP contribution in [0.4, 0.5) is 21.8 Å². The second kappa shape index (κ2) is 6.09. The van der Waals surface area contributed by atoms with Gasteiger partial charge in [0, 0.05) is 6.54 Å². The molecular weight excluding hydrogens is 279 g/mol. The molecule has 2 aromatic rings. The zero-order valence-electron chi connectivity index (χ0n) is 11.1. The Morgan fingerprint density at radius 2 is 2.19 bits per heavy atom. The van der Waals surface area contributed by atoms with E-state index in [0.717, 1.165) is 0 Å². The van der Waals surface area contributed by atoms with Gasteiger partial charge < -0.3 is 5.32 Å². The standard InChI is InChI=1S/C12H13FN6O2/c1-7-10(19(20)21)11(17-12(16-7)18-14)15-6-8-3-2-4-9(13)5-8/h2-5H,6,14H2,1H3,(H2,15,16,17,18). The summed E-state index contributed by atoms with van der Waals surface area (Å²) in [5, 5.41) is 13.9. The average Bonchev–Trinajstić information content (AvgIpc) is 2.44. The first kappa shape index (κ1) is 14.6. The minimum absolute atomic E-state index is 0.0183. The fourth-order valence-corrected chi connectivity index (χ4v) is 1.81. The predicted molar refractivity (Wildman–Crippen MR) is 75.0 cm³/mol. The Hall–Kier alpha value is -2.81. The molecule has 1 heterocycles. The Morgan fingerprint density at radius 1 is 1.43 bits per heavy atom. The molecule has 0 aliphatic rings. The number of benzene rings is 1. The molecule has 110 valence electrons. The van der Waals surface area contributed by atoms with E-state index in [1.54, 1.807) is 12.1 Å². The number of rotatable bonds is 5. The molecule has 21 heavy (non-hydrogen) atoms. The molecule has 0 unspecified atom stereocenters. The van der Waals surface area contributed by atoms with Crippen LogP contribution in [0.2, 0.25) is 0 Å². The quantitative estimate of drug-likeness (QED) is 0.436. The zero-order chi connectivity index (χ0) is 15.4. The highest BCUT2D eigenvalue weighted by molar-refractivity contribution is 5.60. The Bertz CT molecular complexity index is 679. The summed E-state index contributed by atoms with van der Waals surface area (Å²) in [6, 6.07) is 5.89. The molecule has 0 bridgehead atoms. The van der Waals surface area contributed by atoms with Gasteiger partial charge in [-0.15, -0.1) is 0 Å². The third-order valence-electron chi connectivity index (χ3n) is 2.72. The van der Waals surface area contributed by atoms with E-state index in [1.165, 1.54) is 19.1 Å². The normalized spacial score (nSPS) is 10.2. The number of halogens is 1. The van der Waals surface area contributed by atoms with Crippen molar-refractivity contribution in [3.05, 3.63) is 51.5 Å². The van der Waals surface area contributed by atoms with E-state index in [0.29, 0.717) is 5.56 Å². The second-order valence-electron chi connectivity index (χ2n) is 4.21. The molecule has 2 rings (SSSR count). The lowest BCUT2D eigenvalue weighted by atomic mass is 10.2. The van der Waals surface area contributed by atoms with Gasteiger partial charge in [-0.3, -0.25) is 15.5 Å². The molecule has 0 saturated heterocycles. The first-order valence-corrected chi connectivity index (χ1v) is 5.99. The monoisotopic (exact) mass is 292 g/mol. The number of hydrazine groups is 1. The maximum absolute atomic E-state index is 13.1. The van der Waals surface area contributed by atoms with Crippen molar-refractivity contribution in [3.8, 4) is 0 Å². The number of hydrogen-bond donors (Lipinski definition) is 3. The number of aromatic nitrogens is 2. The van der Waals surface area contributed by atoms with Crippen LogP contribution in [0.25, 0.3) is 0 Å². The van der Waals surface area contributed by atoms with E-state index in [2.05, 4.69) is 20.7 Å². The van der Waals surface area contributed by atoms with Crippen LogP contribution < -0.4 is 16.6 Å². The number of nitrogens with two attached hydrogens (primary N) is 1. The van der Waals surface area contributed by atoms with Crippen LogP contribution in [-0.4, -0.2) is 14.9 Å². The predicted octanol–water partition coefficient (Wildman–Crippen LogP) is 1.73.